The summed E-state index contributed by atoms with van der Waals surface area (Å²) in [4.78, 5) is 2.51. The Morgan fingerprint density at radius 1 is 1.12 bits per heavy atom. The standard InChI is InChI=1S/C19H26N4O2S/c1-13-6-5-9-23(12-13)18-8-7-17(20-21-18)22-26(24,25)19-15(3)10-14(2)11-16(19)4/h7-8,10-11,13H,5-6,9,12H2,1-4H3,(H,20,22). The van der Waals surface area contributed by atoms with Crippen LogP contribution in [0.2, 0.25) is 0 Å². The minimum Gasteiger partial charge on any atom is -0.355 e. The molecule has 0 bridgehead atoms. The molecule has 1 aromatic heterocycles. The Bertz CT molecular complexity index is 871. The van der Waals surface area contributed by atoms with E-state index in [9.17, 15) is 8.42 Å². The average Bonchev–Trinajstić information content (AvgIpc) is 2.53. The van der Waals surface area contributed by atoms with Crippen LogP contribution in [0.3, 0.4) is 0 Å². The van der Waals surface area contributed by atoms with E-state index in [0.717, 1.165) is 42.0 Å². The topological polar surface area (TPSA) is 75.2 Å². The Labute approximate surface area is 155 Å². The van der Waals surface area contributed by atoms with Crippen molar-refractivity contribution in [1.82, 2.24) is 10.2 Å². The number of aromatic nitrogens is 2. The molecule has 1 fully saturated rings. The number of benzene rings is 1. The van der Waals surface area contributed by atoms with Gasteiger partial charge in [0.05, 0.1) is 4.90 Å². The van der Waals surface area contributed by atoms with Crippen LogP contribution in [0, 0.1) is 26.7 Å². The van der Waals surface area contributed by atoms with Crippen molar-refractivity contribution in [2.45, 2.75) is 45.4 Å². The molecule has 1 unspecified atom stereocenters. The summed E-state index contributed by atoms with van der Waals surface area (Å²) in [6, 6.07) is 7.25. The summed E-state index contributed by atoms with van der Waals surface area (Å²) in [5.74, 6) is 1.66. The predicted molar refractivity (Wildman–Crippen MR) is 104 cm³/mol. The Kier molecular flexibility index (Phi) is 5.18. The molecule has 1 N–H and O–H groups in total. The molecule has 7 heteroatoms. The quantitative estimate of drug-likeness (QED) is 0.887. The third-order valence-electron chi connectivity index (χ3n) is 4.74. The fourth-order valence-electron chi connectivity index (χ4n) is 3.73. The van der Waals surface area contributed by atoms with E-state index in [1.54, 1.807) is 19.9 Å². The van der Waals surface area contributed by atoms with Gasteiger partial charge in [0.2, 0.25) is 0 Å². The number of sulfonamides is 1. The van der Waals surface area contributed by atoms with Crippen LogP contribution in [-0.4, -0.2) is 31.7 Å². The first-order valence-corrected chi connectivity index (χ1v) is 10.4. The van der Waals surface area contributed by atoms with Crippen molar-refractivity contribution in [3.8, 4) is 0 Å². The van der Waals surface area contributed by atoms with E-state index >= 15 is 0 Å². The van der Waals surface area contributed by atoms with Crippen LogP contribution in [0.5, 0.6) is 0 Å². The van der Waals surface area contributed by atoms with Gasteiger partial charge in [-0.25, -0.2) is 8.42 Å². The van der Waals surface area contributed by atoms with Crippen molar-refractivity contribution in [3.05, 3.63) is 41.0 Å². The number of piperidine rings is 1. The second-order valence-electron chi connectivity index (χ2n) is 7.30. The minimum atomic E-state index is -3.70. The predicted octanol–water partition coefficient (Wildman–Crippen LogP) is 3.44. The molecule has 2 heterocycles. The summed E-state index contributed by atoms with van der Waals surface area (Å²) in [6.07, 6.45) is 2.38. The van der Waals surface area contributed by atoms with E-state index < -0.39 is 10.0 Å². The molecule has 26 heavy (non-hydrogen) atoms. The van der Waals surface area contributed by atoms with Crippen LogP contribution in [0.4, 0.5) is 11.6 Å². The Morgan fingerprint density at radius 3 is 2.38 bits per heavy atom. The molecule has 2 aromatic rings. The van der Waals surface area contributed by atoms with Gasteiger partial charge in [-0.2, -0.15) is 0 Å². The van der Waals surface area contributed by atoms with Crippen molar-refractivity contribution >= 4 is 21.7 Å². The molecular weight excluding hydrogens is 348 g/mol. The van der Waals surface area contributed by atoms with Crippen LogP contribution in [0.25, 0.3) is 0 Å². The normalized spacial score (nSPS) is 18.0. The highest BCUT2D eigenvalue weighted by molar-refractivity contribution is 7.92. The van der Waals surface area contributed by atoms with Crippen molar-refractivity contribution in [2.75, 3.05) is 22.7 Å². The second kappa shape index (κ2) is 7.23. The Hall–Kier alpha value is -2.15. The first kappa shape index (κ1) is 18.6. The van der Waals surface area contributed by atoms with Crippen LogP contribution in [0.1, 0.15) is 36.5 Å². The zero-order chi connectivity index (χ0) is 18.9. The van der Waals surface area contributed by atoms with Crippen molar-refractivity contribution in [3.63, 3.8) is 0 Å². The molecule has 0 amide bonds. The summed E-state index contributed by atoms with van der Waals surface area (Å²) in [6.45, 7) is 9.72. The van der Waals surface area contributed by atoms with Gasteiger partial charge in [0.25, 0.3) is 10.0 Å². The molecule has 1 saturated heterocycles. The Morgan fingerprint density at radius 2 is 1.81 bits per heavy atom. The van der Waals surface area contributed by atoms with Crippen LogP contribution >= 0.6 is 0 Å². The lowest BCUT2D eigenvalue weighted by Crippen LogP contribution is -2.34. The van der Waals surface area contributed by atoms with Crippen molar-refractivity contribution < 1.29 is 8.42 Å². The molecule has 0 saturated carbocycles. The number of rotatable bonds is 4. The average molecular weight is 375 g/mol. The largest absolute Gasteiger partial charge is 0.355 e. The summed E-state index contributed by atoms with van der Waals surface area (Å²) in [7, 11) is -3.70. The maximum Gasteiger partial charge on any atom is 0.263 e. The highest BCUT2D eigenvalue weighted by Crippen LogP contribution is 2.25. The molecule has 0 radical (unpaired) electrons. The smallest absolute Gasteiger partial charge is 0.263 e. The molecular formula is C19H26N4O2S. The molecule has 1 aromatic carbocycles. The maximum atomic E-state index is 12.8. The van der Waals surface area contributed by atoms with Gasteiger partial charge >= 0.3 is 0 Å². The van der Waals surface area contributed by atoms with E-state index in [1.807, 2.05) is 25.1 Å². The molecule has 0 spiro atoms. The number of nitrogens with one attached hydrogen (secondary N) is 1. The van der Waals surface area contributed by atoms with Gasteiger partial charge in [0, 0.05) is 13.1 Å². The van der Waals surface area contributed by atoms with Gasteiger partial charge < -0.3 is 4.90 Å². The van der Waals surface area contributed by atoms with Gasteiger partial charge in [0.15, 0.2) is 11.6 Å². The summed E-state index contributed by atoms with van der Waals surface area (Å²) >= 11 is 0. The SMILES string of the molecule is Cc1cc(C)c(S(=O)(=O)Nc2ccc(N3CCCC(C)C3)nn2)c(C)c1. The van der Waals surface area contributed by atoms with E-state index in [4.69, 9.17) is 0 Å². The third-order valence-corrected chi connectivity index (χ3v) is 6.40. The molecule has 0 aliphatic carbocycles. The van der Waals surface area contributed by atoms with E-state index in [1.165, 1.54) is 6.42 Å². The maximum absolute atomic E-state index is 12.8. The third kappa shape index (κ3) is 3.98. The van der Waals surface area contributed by atoms with Crippen LogP contribution in [0.15, 0.2) is 29.2 Å². The van der Waals surface area contributed by atoms with E-state index in [0.29, 0.717) is 10.8 Å². The number of hydrogen-bond acceptors (Lipinski definition) is 5. The number of anilines is 2. The Balaban J connectivity index is 1.80. The van der Waals surface area contributed by atoms with Gasteiger partial charge in [-0.15, -0.1) is 10.2 Å². The summed E-state index contributed by atoms with van der Waals surface area (Å²) in [5, 5.41) is 8.31. The van der Waals surface area contributed by atoms with Crippen LogP contribution < -0.4 is 9.62 Å². The molecule has 140 valence electrons. The summed E-state index contributed by atoms with van der Waals surface area (Å²) < 4.78 is 28.1. The molecule has 1 aliphatic heterocycles. The molecule has 3 rings (SSSR count). The number of aryl methyl sites for hydroxylation is 3. The zero-order valence-corrected chi connectivity index (χ0v) is 16.6. The van der Waals surface area contributed by atoms with Gasteiger partial charge in [-0.3, -0.25) is 4.72 Å². The lowest BCUT2D eigenvalue weighted by molar-refractivity contribution is 0.444. The molecule has 6 nitrogen and oxygen atoms in total. The fourth-order valence-corrected chi connectivity index (χ4v) is 5.18. The van der Waals surface area contributed by atoms with Crippen molar-refractivity contribution in [2.24, 2.45) is 5.92 Å². The lowest BCUT2D eigenvalue weighted by Gasteiger charge is -2.31. The van der Waals surface area contributed by atoms with E-state index in [2.05, 4.69) is 26.7 Å². The molecule has 1 atom stereocenters. The van der Waals surface area contributed by atoms with Gasteiger partial charge in [-0.1, -0.05) is 24.6 Å². The number of nitrogens with zero attached hydrogens (tertiary/aromatic N) is 3. The first-order valence-electron chi connectivity index (χ1n) is 8.95. The zero-order valence-electron chi connectivity index (χ0n) is 15.8. The van der Waals surface area contributed by atoms with Crippen LogP contribution in [-0.2, 0) is 10.0 Å². The molecule has 1 aliphatic rings. The highest BCUT2D eigenvalue weighted by atomic mass is 32.2. The second-order valence-corrected chi connectivity index (χ2v) is 8.92. The monoisotopic (exact) mass is 374 g/mol. The fraction of sp³-hybridized carbons (Fsp3) is 0.474. The lowest BCUT2D eigenvalue weighted by atomic mass is 10.0. The van der Waals surface area contributed by atoms with Gasteiger partial charge in [-0.05, 0) is 62.8 Å². The van der Waals surface area contributed by atoms with Gasteiger partial charge in [0.1, 0.15) is 0 Å². The minimum absolute atomic E-state index is 0.234. The van der Waals surface area contributed by atoms with E-state index in [-0.39, 0.29) is 5.82 Å². The first-order chi connectivity index (χ1) is 12.3. The number of hydrogen-bond donors (Lipinski definition) is 1. The highest BCUT2D eigenvalue weighted by Gasteiger charge is 2.22. The summed E-state index contributed by atoms with van der Waals surface area (Å²) in [5.41, 5.74) is 2.49. The van der Waals surface area contributed by atoms with Crippen molar-refractivity contribution in [1.29, 1.82) is 0 Å².